The molecule has 0 atom stereocenters. The van der Waals surface area contributed by atoms with Gasteiger partial charge in [0.1, 0.15) is 11.5 Å². The third-order valence-corrected chi connectivity index (χ3v) is 6.62. The predicted octanol–water partition coefficient (Wildman–Crippen LogP) is 5.50. The number of hydrazone groups is 1. The van der Waals surface area contributed by atoms with Crippen molar-refractivity contribution in [2.45, 2.75) is 5.16 Å². The lowest BCUT2D eigenvalue weighted by atomic mass is 10.2. The summed E-state index contributed by atoms with van der Waals surface area (Å²) in [5.74, 6) is 1.82. The van der Waals surface area contributed by atoms with Gasteiger partial charge in [-0.25, -0.2) is 5.43 Å². The van der Waals surface area contributed by atoms with E-state index in [1.54, 1.807) is 32.4 Å². The number of carbonyl (C=O) groups excluding carboxylic acids is 1. The van der Waals surface area contributed by atoms with Crippen LogP contribution in [0.15, 0.2) is 77.0 Å². The number of rotatable bonds is 9. The Kier molecular flexibility index (Phi) is 8.48. The fourth-order valence-corrected chi connectivity index (χ4v) is 4.46. The van der Waals surface area contributed by atoms with Crippen LogP contribution in [0.3, 0.4) is 0 Å². The standard InChI is InChI=1S/C25H21Cl2N5O3S/c1-34-18-10-6-16(7-11-18)24-30-31-25(32(24)17-8-12-19(35-2)13-9-17)36-15-23(33)29-28-14-20-21(26)4-3-5-22(20)27/h3-14H,15H2,1-2H3,(H,29,33)/b28-14-. The molecule has 8 nitrogen and oxygen atoms in total. The Morgan fingerprint density at radius 2 is 1.58 bits per heavy atom. The van der Waals surface area contributed by atoms with Gasteiger partial charge in [0, 0.05) is 16.8 Å². The number of hydrogen-bond acceptors (Lipinski definition) is 7. The number of halogens is 2. The summed E-state index contributed by atoms with van der Waals surface area (Å²) in [6.45, 7) is 0. The molecule has 11 heteroatoms. The van der Waals surface area contributed by atoms with Gasteiger partial charge in [-0.15, -0.1) is 10.2 Å². The van der Waals surface area contributed by atoms with Crippen molar-refractivity contribution in [1.29, 1.82) is 0 Å². The van der Waals surface area contributed by atoms with Crippen LogP contribution in [0.2, 0.25) is 10.0 Å². The number of aromatic nitrogens is 3. The number of nitrogens with one attached hydrogen (secondary N) is 1. The van der Waals surface area contributed by atoms with E-state index in [0.717, 1.165) is 22.7 Å². The van der Waals surface area contributed by atoms with Gasteiger partial charge in [0.2, 0.25) is 0 Å². The monoisotopic (exact) mass is 541 g/mol. The average molecular weight is 542 g/mol. The fraction of sp³-hybridized carbons (Fsp3) is 0.120. The second-order valence-corrected chi connectivity index (χ2v) is 9.04. The van der Waals surface area contributed by atoms with Gasteiger partial charge >= 0.3 is 0 Å². The molecule has 0 radical (unpaired) electrons. The third kappa shape index (κ3) is 5.99. The van der Waals surface area contributed by atoms with Crippen LogP contribution in [0.25, 0.3) is 17.1 Å². The molecule has 0 spiro atoms. The highest BCUT2D eigenvalue weighted by molar-refractivity contribution is 7.99. The second-order valence-electron chi connectivity index (χ2n) is 7.29. The highest BCUT2D eigenvalue weighted by atomic mass is 35.5. The van der Waals surface area contributed by atoms with E-state index in [4.69, 9.17) is 32.7 Å². The number of thioether (sulfide) groups is 1. The Balaban J connectivity index is 1.54. The number of hydrogen-bond donors (Lipinski definition) is 1. The van der Waals surface area contributed by atoms with Crippen LogP contribution in [-0.4, -0.2) is 46.9 Å². The summed E-state index contributed by atoms with van der Waals surface area (Å²) in [7, 11) is 3.22. The normalized spacial score (nSPS) is 11.0. The average Bonchev–Trinajstić information content (AvgIpc) is 3.33. The van der Waals surface area contributed by atoms with Gasteiger partial charge in [0.15, 0.2) is 11.0 Å². The molecule has 0 saturated carbocycles. The summed E-state index contributed by atoms with van der Waals surface area (Å²) < 4.78 is 12.4. The SMILES string of the molecule is COc1ccc(-c2nnc(SCC(=O)N/N=C\c3c(Cl)cccc3Cl)n2-c2ccc(OC)cc2)cc1. The zero-order valence-electron chi connectivity index (χ0n) is 19.3. The van der Waals surface area contributed by atoms with E-state index in [-0.39, 0.29) is 11.7 Å². The van der Waals surface area contributed by atoms with Gasteiger partial charge in [0.25, 0.3) is 5.91 Å². The van der Waals surface area contributed by atoms with Gasteiger partial charge in [-0.05, 0) is 60.7 Å². The number of nitrogens with zero attached hydrogens (tertiary/aromatic N) is 4. The van der Waals surface area contributed by atoms with Crippen LogP contribution in [0.4, 0.5) is 0 Å². The fourth-order valence-electron chi connectivity index (χ4n) is 3.22. The molecule has 1 aromatic heterocycles. The minimum Gasteiger partial charge on any atom is -0.497 e. The van der Waals surface area contributed by atoms with Crippen LogP contribution < -0.4 is 14.9 Å². The zero-order chi connectivity index (χ0) is 25.5. The van der Waals surface area contributed by atoms with Gasteiger partial charge in [-0.3, -0.25) is 9.36 Å². The summed E-state index contributed by atoms with van der Waals surface area (Å²) in [5, 5.41) is 14.1. The first-order chi connectivity index (χ1) is 17.5. The van der Waals surface area contributed by atoms with Gasteiger partial charge < -0.3 is 9.47 Å². The molecule has 4 rings (SSSR count). The van der Waals surface area contributed by atoms with E-state index >= 15 is 0 Å². The molecule has 0 aliphatic rings. The predicted molar refractivity (Wildman–Crippen MR) is 143 cm³/mol. The zero-order valence-corrected chi connectivity index (χ0v) is 21.6. The molecule has 0 fully saturated rings. The lowest BCUT2D eigenvalue weighted by Gasteiger charge is -2.11. The summed E-state index contributed by atoms with van der Waals surface area (Å²) in [6, 6.07) is 20.1. The molecule has 3 aromatic carbocycles. The summed E-state index contributed by atoms with van der Waals surface area (Å²) in [4.78, 5) is 12.5. The van der Waals surface area contributed by atoms with E-state index in [2.05, 4.69) is 20.7 Å². The van der Waals surface area contributed by atoms with Crippen molar-refractivity contribution < 1.29 is 14.3 Å². The van der Waals surface area contributed by atoms with Crippen molar-refractivity contribution in [3.63, 3.8) is 0 Å². The largest absolute Gasteiger partial charge is 0.497 e. The lowest BCUT2D eigenvalue weighted by Crippen LogP contribution is -2.20. The van der Waals surface area contributed by atoms with E-state index in [9.17, 15) is 4.79 Å². The lowest BCUT2D eigenvalue weighted by molar-refractivity contribution is -0.118. The maximum atomic E-state index is 12.5. The minimum atomic E-state index is -0.324. The maximum Gasteiger partial charge on any atom is 0.250 e. The summed E-state index contributed by atoms with van der Waals surface area (Å²) >= 11 is 13.5. The summed E-state index contributed by atoms with van der Waals surface area (Å²) in [5.41, 5.74) is 4.68. The van der Waals surface area contributed by atoms with Crippen molar-refractivity contribution in [2.24, 2.45) is 5.10 Å². The van der Waals surface area contributed by atoms with E-state index in [1.807, 2.05) is 53.1 Å². The number of carbonyl (C=O) groups is 1. The van der Waals surface area contributed by atoms with Crippen LogP contribution in [-0.2, 0) is 4.79 Å². The van der Waals surface area contributed by atoms with Crippen molar-refractivity contribution in [3.05, 3.63) is 82.3 Å². The molecular formula is C25H21Cl2N5O3S. The number of methoxy groups -OCH3 is 2. The third-order valence-electron chi connectivity index (χ3n) is 5.03. The highest BCUT2D eigenvalue weighted by Crippen LogP contribution is 2.30. The Morgan fingerprint density at radius 1 is 0.972 bits per heavy atom. The van der Waals surface area contributed by atoms with Crippen molar-refractivity contribution in [3.8, 4) is 28.6 Å². The Labute approximate surface area is 222 Å². The second kappa shape index (κ2) is 11.9. The molecule has 1 amide bonds. The Hall–Kier alpha value is -3.53. The topological polar surface area (TPSA) is 90.6 Å². The summed E-state index contributed by atoms with van der Waals surface area (Å²) in [6.07, 6.45) is 1.41. The van der Waals surface area contributed by atoms with Crippen LogP contribution >= 0.6 is 35.0 Å². The molecule has 36 heavy (non-hydrogen) atoms. The molecule has 0 bridgehead atoms. The van der Waals surface area contributed by atoms with Crippen LogP contribution in [0, 0.1) is 0 Å². The first kappa shape index (κ1) is 25.6. The Bertz CT molecular complexity index is 1360. The van der Waals surface area contributed by atoms with Crippen LogP contribution in [0.1, 0.15) is 5.56 Å². The number of amides is 1. The first-order valence-corrected chi connectivity index (χ1v) is 12.4. The molecule has 0 aliphatic heterocycles. The van der Waals surface area contributed by atoms with Crippen molar-refractivity contribution >= 4 is 47.1 Å². The van der Waals surface area contributed by atoms with E-state index < -0.39 is 0 Å². The molecule has 1 heterocycles. The minimum absolute atomic E-state index is 0.0600. The first-order valence-electron chi connectivity index (χ1n) is 10.6. The van der Waals surface area contributed by atoms with Gasteiger partial charge in [0.05, 0.1) is 36.2 Å². The molecule has 1 N–H and O–H groups in total. The van der Waals surface area contributed by atoms with Crippen LogP contribution in [0.5, 0.6) is 11.5 Å². The quantitative estimate of drug-likeness (QED) is 0.171. The molecule has 4 aromatic rings. The van der Waals surface area contributed by atoms with Crippen molar-refractivity contribution in [2.75, 3.05) is 20.0 Å². The molecule has 0 saturated heterocycles. The molecule has 184 valence electrons. The van der Waals surface area contributed by atoms with E-state index in [0.29, 0.717) is 26.6 Å². The van der Waals surface area contributed by atoms with Crippen molar-refractivity contribution in [1.82, 2.24) is 20.2 Å². The number of ether oxygens (including phenoxy) is 2. The van der Waals surface area contributed by atoms with Gasteiger partial charge in [-0.2, -0.15) is 5.10 Å². The van der Waals surface area contributed by atoms with Gasteiger partial charge in [-0.1, -0.05) is 41.0 Å². The van der Waals surface area contributed by atoms with E-state index in [1.165, 1.54) is 18.0 Å². The maximum absolute atomic E-state index is 12.5. The Morgan fingerprint density at radius 3 is 2.19 bits per heavy atom. The smallest absolute Gasteiger partial charge is 0.250 e. The molecular weight excluding hydrogens is 521 g/mol. The molecule has 0 aliphatic carbocycles. The number of benzene rings is 3. The highest BCUT2D eigenvalue weighted by Gasteiger charge is 2.17. The molecule has 0 unspecified atom stereocenters.